The number of benzene rings is 1. The molecule has 0 aliphatic heterocycles. The number of hydrogen-bond acceptors (Lipinski definition) is 3. The molecule has 0 aliphatic carbocycles. The monoisotopic (exact) mass is 463 g/mol. The van der Waals surface area contributed by atoms with Crippen molar-refractivity contribution in [2.75, 3.05) is 6.61 Å². The summed E-state index contributed by atoms with van der Waals surface area (Å²) in [6.45, 7) is 4.24. The van der Waals surface area contributed by atoms with E-state index in [1.807, 2.05) is 0 Å². The Morgan fingerprint density at radius 1 is 0.758 bits per heavy atom. The van der Waals surface area contributed by atoms with Crippen molar-refractivity contribution in [1.29, 1.82) is 0 Å². The van der Waals surface area contributed by atoms with E-state index in [9.17, 15) is 14.0 Å². The molecule has 0 bridgehead atoms. The maximum absolute atomic E-state index is 12.9. The number of nitrogens with one attached hydrogen (secondary N) is 1. The zero-order valence-corrected chi connectivity index (χ0v) is 21.0. The highest BCUT2D eigenvalue weighted by Gasteiger charge is 2.17. The third kappa shape index (κ3) is 15.5. The fraction of sp³-hybridized carbons (Fsp3) is 0.714. The molecule has 188 valence electrons. The van der Waals surface area contributed by atoms with E-state index in [0.717, 1.165) is 12.8 Å². The van der Waals surface area contributed by atoms with Crippen LogP contribution in [-0.4, -0.2) is 24.5 Å². The largest absolute Gasteiger partial charge is 0.464 e. The van der Waals surface area contributed by atoms with Gasteiger partial charge < -0.3 is 10.1 Å². The van der Waals surface area contributed by atoms with Gasteiger partial charge in [0.25, 0.3) is 5.91 Å². The average molecular weight is 464 g/mol. The maximum Gasteiger partial charge on any atom is 0.328 e. The highest BCUT2D eigenvalue weighted by molar-refractivity contribution is 5.96. The predicted octanol–water partition coefficient (Wildman–Crippen LogP) is 7.75. The summed E-state index contributed by atoms with van der Waals surface area (Å²) >= 11 is 0. The molecular weight excluding hydrogens is 417 g/mol. The molecule has 0 saturated heterocycles. The zero-order valence-electron chi connectivity index (χ0n) is 21.0. The van der Waals surface area contributed by atoms with Gasteiger partial charge in [-0.05, 0) is 37.6 Å². The first-order chi connectivity index (χ1) is 16.0. The fourth-order valence-corrected chi connectivity index (χ4v) is 3.89. The topological polar surface area (TPSA) is 55.4 Å². The molecule has 0 aromatic heterocycles. The van der Waals surface area contributed by atoms with Crippen LogP contribution in [0.2, 0.25) is 0 Å². The third-order valence-corrected chi connectivity index (χ3v) is 6.05. The van der Waals surface area contributed by atoms with E-state index in [1.54, 1.807) is 6.92 Å². The number of halogens is 1. The van der Waals surface area contributed by atoms with Crippen molar-refractivity contribution in [1.82, 2.24) is 5.32 Å². The van der Waals surface area contributed by atoms with Gasteiger partial charge in [0, 0.05) is 5.56 Å². The van der Waals surface area contributed by atoms with E-state index >= 15 is 0 Å². The number of unbranched alkanes of at least 4 members (excludes halogenated alkanes) is 15. The van der Waals surface area contributed by atoms with Crippen LogP contribution in [0, 0.1) is 5.82 Å². The number of esters is 1. The molecule has 0 radical (unpaired) electrons. The molecule has 1 aromatic carbocycles. The molecule has 0 spiro atoms. The SMILES string of the molecule is CCCCCCCCCCCCCCCCCCOC(=O)C(C)NC(=O)c1ccc(F)cc1. The van der Waals surface area contributed by atoms with E-state index in [1.165, 1.54) is 114 Å². The first kappa shape index (κ1) is 29.1. The van der Waals surface area contributed by atoms with E-state index in [4.69, 9.17) is 4.74 Å². The summed E-state index contributed by atoms with van der Waals surface area (Å²) in [6.07, 6.45) is 20.9. The van der Waals surface area contributed by atoms with Gasteiger partial charge in [-0.15, -0.1) is 0 Å². The molecule has 5 heteroatoms. The van der Waals surface area contributed by atoms with E-state index < -0.39 is 23.7 Å². The zero-order chi connectivity index (χ0) is 24.2. The Bertz CT molecular complexity index is 633. The first-order valence-electron chi connectivity index (χ1n) is 13.3. The minimum absolute atomic E-state index is 0.314. The smallest absolute Gasteiger partial charge is 0.328 e. The minimum Gasteiger partial charge on any atom is -0.464 e. The summed E-state index contributed by atoms with van der Waals surface area (Å²) < 4.78 is 18.2. The molecule has 0 fully saturated rings. The van der Waals surface area contributed by atoms with Gasteiger partial charge in [-0.2, -0.15) is 0 Å². The Balaban J connectivity index is 1.89. The molecule has 1 unspecified atom stereocenters. The van der Waals surface area contributed by atoms with Gasteiger partial charge in [-0.1, -0.05) is 103 Å². The van der Waals surface area contributed by atoms with Gasteiger partial charge in [0.05, 0.1) is 6.61 Å². The van der Waals surface area contributed by atoms with Gasteiger partial charge in [0.15, 0.2) is 0 Å². The summed E-state index contributed by atoms with van der Waals surface area (Å²) in [5.41, 5.74) is 0.314. The molecule has 4 nitrogen and oxygen atoms in total. The van der Waals surface area contributed by atoms with Crippen LogP contribution in [0.25, 0.3) is 0 Å². The molecule has 1 aromatic rings. The summed E-state index contributed by atoms with van der Waals surface area (Å²) in [6, 6.07) is 4.48. The van der Waals surface area contributed by atoms with Gasteiger partial charge in [0.1, 0.15) is 11.9 Å². The van der Waals surface area contributed by atoms with Crippen LogP contribution in [0.3, 0.4) is 0 Å². The number of carbonyl (C=O) groups excluding carboxylic acids is 2. The Morgan fingerprint density at radius 2 is 1.18 bits per heavy atom. The fourth-order valence-electron chi connectivity index (χ4n) is 3.89. The summed E-state index contributed by atoms with van der Waals surface area (Å²) in [4.78, 5) is 24.1. The van der Waals surface area contributed by atoms with Crippen molar-refractivity contribution in [3.05, 3.63) is 35.6 Å². The average Bonchev–Trinajstić information content (AvgIpc) is 2.81. The van der Waals surface area contributed by atoms with Crippen molar-refractivity contribution >= 4 is 11.9 Å². The molecule has 1 atom stereocenters. The van der Waals surface area contributed by atoms with E-state index in [2.05, 4.69) is 12.2 Å². The van der Waals surface area contributed by atoms with Crippen LogP contribution in [0.1, 0.15) is 127 Å². The number of amides is 1. The third-order valence-electron chi connectivity index (χ3n) is 6.05. The van der Waals surface area contributed by atoms with Gasteiger partial charge >= 0.3 is 5.97 Å². The lowest BCUT2D eigenvalue weighted by Crippen LogP contribution is -2.39. The lowest BCUT2D eigenvalue weighted by molar-refractivity contribution is -0.145. The van der Waals surface area contributed by atoms with Gasteiger partial charge in [-0.3, -0.25) is 4.79 Å². The molecule has 33 heavy (non-hydrogen) atoms. The Labute approximate surface area is 201 Å². The highest BCUT2D eigenvalue weighted by atomic mass is 19.1. The minimum atomic E-state index is -0.733. The van der Waals surface area contributed by atoms with Crippen molar-refractivity contribution in [3.63, 3.8) is 0 Å². The summed E-state index contributed by atoms with van der Waals surface area (Å²) in [5, 5.41) is 2.59. The quantitative estimate of drug-likeness (QED) is 0.159. The Morgan fingerprint density at radius 3 is 1.64 bits per heavy atom. The molecule has 1 amide bonds. The second kappa shape index (κ2) is 19.5. The van der Waals surface area contributed by atoms with Crippen molar-refractivity contribution in [2.24, 2.45) is 0 Å². The highest BCUT2D eigenvalue weighted by Crippen LogP contribution is 2.13. The normalized spacial score (nSPS) is 11.8. The number of ether oxygens (including phenoxy) is 1. The maximum atomic E-state index is 12.9. The lowest BCUT2D eigenvalue weighted by atomic mass is 10.0. The number of hydrogen-bond donors (Lipinski definition) is 1. The van der Waals surface area contributed by atoms with Crippen molar-refractivity contribution < 1.29 is 18.7 Å². The second-order valence-electron chi connectivity index (χ2n) is 9.17. The molecule has 1 N–H and O–H groups in total. The Kier molecular flexibility index (Phi) is 17.3. The standard InChI is InChI=1S/C28H46FNO3/c1-3-4-5-6-7-8-9-10-11-12-13-14-15-16-17-18-23-33-28(32)24(2)30-27(31)25-19-21-26(29)22-20-25/h19-22,24H,3-18,23H2,1-2H3,(H,30,31). The van der Waals surface area contributed by atoms with Gasteiger partial charge in [0.2, 0.25) is 0 Å². The van der Waals surface area contributed by atoms with Crippen LogP contribution >= 0.6 is 0 Å². The molecule has 1 rings (SSSR count). The summed E-state index contributed by atoms with van der Waals surface area (Å²) in [7, 11) is 0. The second-order valence-corrected chi connectivity index (χ2v) is 9.17. The predicted molar refractivity (Wildman–Crippen MR) is 134 cm³/mol. The van der Waals surface area contributed by atoms with Crippen LogP contribution < -0.4 is 5.32 Å². The van der Waals surface area contributed by atoms with E-state index in [-0.39, 0.29) is 0 Å². The van der Waals surface area contributed by atoms with Crippen molar-refractivity contribution in [3.8, 4) is 0 Å². The summed E-state index contributed by atoms with van der Waals surface area (Å²) in [5.74, 6) is -1.26. The van der Waals surface area contributed by atoms with Crippen LogP contribution in [-0.2, 0) is 9.53 Å². The van der Waals surface area contributed by atoms with Crippen LogP contribution in [0.15, 0.2) is 24.3 Å². The first-order valence-corrected chi connectivity index (χ1v) is 13.3. The molecule has 0 heterocycles. The van der Waals surface area contributed by atoms with Crippen LogP contribution in [0.5, 0.6) is 0 Å². The molecular formula is C28H46FNO3. The molecule has 0 saturated carbocycles. The Hall–Kier alpha value is -1.91. The van der Waals surface area contributed by atoms with Crippen LogP contribution in [0.4, 0.5) is 4.39 Å². The number of rotatable bonds is 20. The van der Waals surface area contributed by atoms with Gasteiger partial charge in [-0.25, -0.2) is 9.18 Å². The van der Waals surface area contributed by atoms with E-state index in [0.29, 0.717) is 12.2 Å². The molecule has 0 aliphatic rings. The van der Waals surface area contributed by atoms with Crippen molar-refractivity contribution in [2.45, 2.75) is 123 Å². The lowest BCUT2D eigenvalue weighted by Gasteiger charge is -2.13. The number of carbonyl (C=O) groups is 2.